The first-order valence-corrected chi connectivity index (χ1v) is 8.94. The topological polar surface area (TPSA) is 0 Å². The summed E-state index contributed by atoms with van der Waals surface area (Å²) in [5.74, 6) is 3.10. The molecule has 0 atom stereocenters. The summed E-state index contributed by atoms with van der Waals surface area (Å²) in [6.07, 6.45) is 16.4. The van der Waals surface area contributed by atoms with E-state index >= 15 is 0 Å². The summed E-state index contributed by atoms with van der Waals surface area (Å²) in [4.78, 5) is 0. The fourth-order valence-electron chi connectivity index (χ4n) is 4.51. The molecule has 0 heteroatoms. The first kappa shape index (κ1) is 14.2. The summed E-state index contributed by atoms with van der Waals surface area (Å²) in [6.45, 7) is 0. The van der Waals surface area contributed by atoms with E-state index in [1.807, 2.05) is 0 Å². The van der Waals surface area contributed by atoms with E-state index in [0.29, 0.717) is 0 Å². The molecule has 0 aromatic heterocycles. The monoisotopic (exact) mass is 270 g/mol. The summed E-state index contributed by atoms with van der Waals surface area (Å²) in [5, 5.41) is 0. The maximum absolute atomic E-state index is 2.30. The van der Waals surface area contributed by atoms with E-state index in [4.69, 9.17) is 0 Å². The van der Waals surface area contributed by atoms with Crippen molar-refractivity contribution in [2.75, 3.05) is 0 Å². The van der Waals surface area contributed by atoms with Crippen LogP contribution in [0.4, 0.5) is 0 Å². The van der Waals surface area contributed by atoms with Gasteiger partial charge in [-0.25, -0.2) is 0 Å². The molecule has 2 aliphatic carbocycles. The summed E-state index contributed by atoms with van der Waals surface area (Å²) >= 11 is 0. The molecule has 0 amide bonds. The van der Waals surface area contributed by atoms with Crippen LogP contribution in [0.25, 0.3) is 0 Å². The van der Waals surface area contributed by atoms with Gasteiger partial charge in [0.25, 0.3) is 0 Å². The Bertz CT molecular complexity index is 366. The van der Waals surface area contributed by atoms with E-state index in [0.717, 1.165) is 17.8 Å². The van der Waals surface area contributed by atoms with Gasteiger partial charge in [-0.15, -0.1) is 0 Å². The largest absolute Gasteiger partial charge is 0.0622 e. The van der Waals surface area contributed by atoms with Gasteiger partial charge in [0, 0.05) is 0 Å². The molecule has 110 valence electrons. The summed E-state index contributed by atoms with van der Waals surface area (Å²) < 4.78 is 0. The minimum Gasteiger partial charge on any atom is -0.0622 e. The maximum atomic E-state index is 2.30. The van der Waals surface area contributed by atoms with Gasteiger partial charge in [0.2, 0.25) is 0 Å². The van der Waals surface area contributed by atoms with Crippen molar-refractivity contribution in [3.8, 4) is 0 Å². The van der Waals surface area contributed by atoms with Gasteiger partial charge in [0.1, 0.15) is 0 Å². The second kappa shape index (κ2) is 7.29. The number of hydrogen-bond donors (Lipinski definition) is 0. The lowest BCUT2D eigenvalue weighted by Crippen LogP contribution is -2.19. The minimum atomic E-state index is 0.958. The van der Waals surface area contributed by atoms with Gasteiger partial charge in [0.05, 0.1) is 0 Å². The van der Waals surface area contributed by atoms with Crippen molar-refractivity contribution in [3.63, 3.8) is 0 Å². The molecule has 0 unspecified atom stereocenters. The summed E-state index contributed by atoms with van der Waals surface area (Å²) in [6, 6.07) is 11.1. The van der Waals surface area contributed by atoms with Gasteiger partial charge in [-0.05, 0) is 49.0 Å². The smallest absolute Gasteiger partial charge is 0.0250 e. The van der Waals surface area contributed by atoms with Crippen molar-refractivity contribution >= 4 is 0 Å². The Balaban J connectivity index is 1.40. The van der Waals surface area contributed by atoms with Crippen molar-refractivity contribution in [2.45, 2.75) is 70.6 Å². The molecule has 0 bridgehead atoms. The lowest BCUT2D eigenvalue weighted by atomic mass is 9.74. The molecule has 0 radical (unpaired) electrons. The molecule has 0 saturated heterocycles. The van der Waals surface area contributed by atoms with Crippen LogP contribution in [0.3, 0.4) is 0 Å². The molecule has 0 N–H and O–H groups in total. The van der Waals surface area contributed by atoms with Crippen LogP contribution >= 0.6 is 0 Å². The molecule has 0 nitrogen and oxygen atoms in total. The molecule has 1 aromatic carbocycles. The van der Waals surface area contributed by atoms with Gasteiger partial charge >= 0.3 is 0 Å². The van der Waals surface area contributed by atoms with Crippen molar-refractivity contribution in [2.24, 2.45) is 17.8 Å². The third-order valence-corrected chi connectivity index (χ3v) is 5.72. The summed E-state index contributed by atoms with van der Waals surface area (Å²) in [5.41, 5.74) is 1.54. The van der Waals surface area contributed by atoms with Gasteiger partial charge in [-0.3, -0.25) is 0 Å². The van der Waals surface area contributed by atoms with E-state index in [-0.39, 0.29) is 0 Å². The first-order valence-electron chi connectivity index (χ1n) is 8.94. The van der Waals surface area contributed by atoms with Crippen LogP contribution in [0.5, 0.6) is 0 Å². The standard InChI is InChI=1S/C20H30/c1-3-7-17(8-4-1)15-19-11-13-20(14-12-19)16-18-9-5-2-6-10-18/h1,3-4,7-8,18-20H,2,5-6,9-16H2. The van der Waals surface area contributed by atoms with Crippen LogP contribution in [-0.2, 0) is 6.42 Å². The van der Waals surface area contributed by atoms with Crippen LogP contribution in [0.2, 0.25) is 0 Å². The zero-order chi connectivity index (χ0) is 13.6. The molecule has 20 heavy (non-hydrogen) atoms. The van der Waals surface area contributed by atoms with Gasteiger partial charge < -0.3 is 0 Å². The van der Waals surface area contributed by atoms with Gasteiger partial charge in [0.15, 0.2) is 0 Å². The lowest BCUT2D eigenvalue weighted by molar-refractivity contribution is 0.211. The molecule has 0 heterocycles. The predicted molar refractivity (Wildman–Crippen MR) is 86.8 cm³/mol. The van der Waals surface area contributed by atoms with E-state index in [1.165, 1.54) is 64.2 Å². The Hall–Kier alpha value is -0.780. The SMILES string of the molecule is c1ccc(CC2CCC(CC3CCCCC3)CC2)cc1. The number of hydrogen-bond acceptors (Lipinski definition) is 0. The maximum Gasteiger partial charge on any atom is -0.0250 e. The average molecular weight is 270 g/mol. The van der Waals surface area contributed by atoms with Crippen LogP contribution in [-0.4, -0.2) is 0 Å². The fourth-order valence-corrected chi connectivity index (χ4v) is 4.51. The Morgan fingerprint density at radius 3 is 1.95 bits per heavy atom. The Labute approximate surface area is 125 Å². The van der Waals surface area contributed by atoms with E-state index < -0.39 is 0 Å². The molecule has 3 rings (SSSR count). The average Bonchev–Trinajstić information content (AvgIpc) is 2.51. The van der Waals surface area contributed by atoms with Crippen LogP contribution in [0.1, 0.15) is 69.8 Å². The molecular formula is C20H30. The Morgan fingerprint density at radius 1 is 0.650 bits per heavy atom. The van der Waals surface area contributed by atoms with E-state index in [2.05, 4.69) is 30.3 Å². The second-order valence-electron chi connectivity index (χ2n) is 7.32. The third-order valence-electron chi connectivity index (χ3n) is 5.72. The molecule has 2 aliphatic rings. The number of benzene rings is 1. The van der Waals surface area contributed by atoms with Crippen LogP contribution < -0.4 is 0 Å². The van der Waals surface area contributed by atoms with Crippen molar-refractivity contribution < 1.29 is 0 Å². The molecule has 2 fully saturated rings. The van der Waals surface area contributed by atoms with E-state index in [1.54, 1.807) is 12.0 Å². The predicted octanol–water partition coefficient (Wildman–Crippen LogP) is 6.01. The Kier molecular flexibility index (Phi) is 5.17. The van der Waals surface area contributed by atoms with Gasteiger partial charge in [-0.2, -0.15) is 0 Å². The lowest BCUT2D eigenvalue weighted by Gasteiger charge is -2.32. The van der Waals surface area contributed by atoms with E-state index in [9.17, 15) is 0 Å². The Morgan fingerprint density at radius 2 is 1.25 bits per heavy atom. The number of rotatable bonds is 4. The first-order chi connectivity index (χ1) is 9.90. The fraction of sp³-hybridized carbons (Fsp3) is 0.700. The van der Waals surface area contributed by atoms with Crippen molar-refractivity contribution in [1.82, 2.24) is 0 Å². The highest BCUT2D eigenvalue weighted by atomic mass is 14.3. The zero-order valence-corrected chi connectivity index (χ0v) is 12.9. The highest BCUT2D eigenvalue weighted by Crippen LogP contribution is 2.37. The highest BCUT2D eigenvalue weighted by Gasteiger charge is 2.24. The molecule has 2 saturated carbocycles. The molecule has 0 spiro atoms. The highest BCUT2D eigenvalue weighted by molar-refractivity contribution is 5.15. The molecule has 0 aliphatic heterocycles. The zero-order valence-electron chi connectivity index (χ0n) is 12.9. The summed E-state index contributed by atoms with van der Waals surface area (Å²) in [7, 11) is 0. The normalized spacial score (nSPS) is 28.4. The van der Waals surface area contributed by atoms with Crippen molar-refractivity contribution in [1.29, 1.82) is 0 Å². The molecule has 1 aromatic rings. The van der Waals surface area contributed by atoms with Crippen LogP contribution in [0, 0.1) is 17.8 Å². The second-order valence-corrected chi connectivity index (χ2v) is 7.32. The quantitative estimate of drug-likeness (QED) is 0.629. The van der Waals surface area contributed by atoms with Crippen LogP contribution in [0.15, 0.2) is 30.3 Å². The molecular weight excluding hydrogens is 240 g/mol. The van der Waals surface area contributed by atoms with Crippen molar-refractivity contribution in [3.05, 3.63) is 35.9 Å². The minimum absolute atomic E-state index is 0.958. The third kappa shape index (κ3) is 4.11. The van der Waals surface area contributed by atoms with Gasteiger partial charge in [-0.1, -0.05) is 75.3 Å².